The fraction of sp³-hybridized carbons (Fsp3) is 0.577. The van der Waals surface area contributed by atoms with Gasteiger partial charge in [-0.25, -0.2) is 0 Å². The van der Waals surface area contributed by atoms with E-state index in [1.54, 1.807) is 6.08 Å². The van der Waals surface area contributed by atoms with Gasteiger partial charge in [0.25, 0.3) is 0 Å². The van der Waals surface area contributed by atoms with Gasteiger partial charge in [0.1, 0.15) is 11.4 Å². The molecule has 3 aliphatic carbocycles. The molecule has 0 aromatic heterocycles. The monoisotopic (exact) mass is 455 g/mol. The molecule has 4 rings (SSSR count). The van der Waals surface area contributed by atoms with E-state index in [1.165, 1.54) is 12.1 Å². The Balaban J connectivity index is 1.58. The van der Waals surface area contributed by atoms with Crippen molar-refractivity contribution >= 4 is 23.7 Å². The summed E-state index contributed by atoms with van der Waals surface area (Å²) in [6, 6.07) is 2.49. The number of benzene rings is 1. The molecule has 7 nitrogen and oxygen atoms in total. The van der Waals surface area contributed by atoms with Gasteiger partial charge in [0, 0.05) is 11.8 Å². The Bertz CT molecular complexity index is 1050. The van der Waals surface area contributed by atoms with Crippen LogP contribution in [-0.4, -0.2) is 38.9 Å². The van der Waals surface area contributed by atoms with E-state index in [2.05, 4.69) is 19.2 Å². The summed E-state index contributed by atoms with van der Waals surface area (Å²) < 4.78 is 0. The average molecular weight is 456 g/mol. The number of aromatic hydroxyl groups is 2. The van der Waals surface area contributed by atoms with E-state index in [0.29, 0.717) is 19.1 Å². The third-order valence-corrected chi connectivity index (χ3v) is 8.96. The van der Waals surface area contributed by atoms with Crippen molar-refractivity contribution in [2.24, 2.45) is 34.5 Å². The zero-order valence-corrected chi connectivity index (χ0v) is 19.6. The van der Waals surface area contributed by atoms with Crippen LogP contribution in [0.15, 0.2) is 24.3 Å². The minimum Gasteiger partial charge on any atom is -0.506 e. The normalized spacial score (nSPS) is 39.2. The minimum absolute atomic E-state index is 0.00396. The maximum atomic E-state index is 13.2. The number of fused-ring (bicyclic) bond motifs is 1. The molecule has 1 amide bonds. The van der Waals surface area contributed by atoms with Gasteiger partial charge in [-0.15, -0.1) is 0 Å². The highest BCUT2D eigenvalue weighted by atomic mass is 16.3. The summed E-state index contributed by atoms with van der Waals surface area (Å²) in [5.74, 6) is -0.708. The molecule has 0 saturated heterocycles. The lowest BCUT2D eigenvalue weighted by molar-refractivity contribution is -0.138. The van der Waals surface area contributed by atoms with Crippen LogP contribution in [0.2, 0.25) is 0 Å². The Kier molecular flexibility index (Phi) is 5.47. The third-order valence-electron chi connectivity index (χ3n) is 8.96. The van der Waals surface area contributed by atoms with E-state index in [4.69, 9.17) is 0 Å². The minimum atomic E-state index is -0.788. The largest absolute Gasteiger partial charge is 0.506 e. The van der Waals surface area contributed by atoms with Crippen LogP contribution in [-0.2, 0) is 9.59 Å². The van der Waals surface area contributed by atoms with Gasteiger partial charge in [-0.3, -0.25) is 14.4 Å². The van der Waals surface area contributed by atoms with Crippen molar-refractivity contribution in [2.45, 2.75) is 59.0 Å². The number of anilines is 1. The molecule has 0 radical (unpaired) electrons. The highest BCUT2D eigenvalue weighted by Crippen LogP contribution is 2.68. The maximum Gasteiger partial charge on any atom is 0.224 e. The summed E-state index contributed by atoms with van der Waals surface area (Å²) >= 11 is 0. The summed E-state index contributed by atoms with van der Waals surface area (Å²) in [6.07, 6.45) is 5.84. The average Bonchev–Trinajstić information content (AvgIpc) is 2.99. The molecule has 2 saturated carbocycles. The van der Waals surface area contributed by atoms with E-state index >= 15 is 0 Å². The predicted molar refractivity (Wildman–Crippen MR) is 123 cm³/mol. The van der Waals surface area contributed by atoms with Gasteiger partial charge in [-0.1, -0.05) is 26.8 Å². The molecular weight excluding hydrogens is 422 g/mol. The summed E-state index contributed by atoms with van der Waals surface area (Å²) in [6.45, 7) is 8.14. The first kappa shape index (κ1) is 23.5. The Labute approximate surface area is 193 Å². The number of amides is 1. The third kappa shape index (κ3) is 3.48. The van der Waals surface area contributed by atoms with E-state index in [-0.39, 0.29) is 58.3 Å². The zero-order valence-electron chi connectivity index (χ0n) is 19.6. The highest BCUT2D eigenvalue weighted by Gasteiger charge is 2.66. The fourth-order valence-corrected chi connectivity index (χ4v) is 7.38. The number of hydrogen-bond donors (Lipinski definition) is 4. The number of ketones is 1. The Morgan fingerprint density at radius 3 is 2.58 bits per heavy atom. The van der Waals surface area contributed by atoms with E-state index < -0.39 is 22.7 Å². The summed E-state index contributed by atoms with van der Waals surface area (Å²) in [5.41, 5.74) is -2.09. The molecule has 4 N–H and O–H groups in total. The van der Waals surface area contributed by atoms with Crippen LogP contribution in [0.1, 0.15) is 63.7 Å². The lowest BCUT2D eigenvalue weighted by Crippen LogP contribution is -2.53. The standard InChI is InChI=1S/C26H33NO6/c1-14-15(2)23-24(3,19(30)7-10-26(23)11-17(14)25(4,33)13-26)9-8-20(31)27-21-18(29)6-5-16(12-28)22(21)32/h5-7,10,12,14-15,17,23,29,32-33H,8-9,11,13H2,1-4H3,(H,27,31)/t14-,15?,17?,23?,24-,25?,26?/m1/s1. The van der Waals surface area contributed by atoms with Crippen LogP contribution >= 0.6 is 0 Å². The van der Waals surface area contributed by atoms with Gasteiger partial charge in [0.05, 0.1) is 11.2 Å². The molecule has 2 fully saturated rings. The fourth-order valence-electron chi connectivity index (χ4n) is 7.38. The van der Waals surface area contributed by atoms with Gasteiger partial charge in [-0.2, -0.15) is 0 Å². The van der Waals surface area contributed by atoms with Crippen molar-refractivity contribution in [1.29, 1.82) is 0 Å². The molecule has 1 aromatic rings. The molecule has 33 heavy (non-hydrogen) atoms. The number of nitrogens with one attached hydrogen (secondary N) is 1. The first-order chi connectivity index (χ1) is 15.4. The number of carbonyl (C=O) groups is 3. The number of allylic oxidation sites excluding steroid dienone is 2. The zero-order chi connectivity index (χ0) is 24.3. The van der Waals surface area contributed by atoms with Crippen LogP contribution in [0.25, 0.3) is 0 Å². The highest BCUT2D eigenvalue weighted by molar-refractivity contribution is 5.99. The van der Waals surface area contributed by atoms with Crippen LogP contribution in [0.4, 0.5) is 5.69 Å². The van der Waals surface area contributed by atoms with Crippen LogP contribution in [0.3, 0.4) is 0 Å². The predicted octanol–water partition coefficient (Wildman–Crippen LogP) is 3.82. The van der Waals surface area contributed by atoms with Crippen molar-refractivity contribution in [3.63, 3.8) is 0 Å². The smallest absolute Gasteiger partial charge is 0.224 e. The Hall–Kier alpha value is -2.67. The molecule has 7 heteroatoms. The number of phenolic OH excluding ortho intramolecular Hbond substituents is 2. The number of carbonyl (C=O) groups excluding carboxylic acids is 3. The molecule has 3 aliphatic rings. The lowest BCUT2D eigenvalue weighted by Gasteiger charge is -2.55. The number of phenols is 2. The second kappa shape index (κ2) is 7.69. The summed E-state index contributed by atoms with van der Waals surface area (Å²) in [4.78, 5) is 37.1. The van der Waals surface area contributed by atoms with Crippen LogP contribution in [0, 0.1) is 34.5 Å². The molecule has 178 valence electrons. The Morgan fingerprint density at radius 2 is 1.91 bits per heavy atom. The van der Waals surface area contributed by atoms with Crippen LogP contribution in [0.5, 0.6) is 11.5 Å². The van der Waals surface area contributed by atoms with E-state index in [9.17, 15) is 29.7 Å². The van der Waals surface area contributed by atoms with Gasteiger partial charge in [0.15, 0.2) is 17.8 Å². The molecule has 1 aromatic carbocycles. The van der Waals surface area contributed by atoms with Gasteiger partial charge < -0.3 is 20.6 Å². The second-order valence-electron chi connectivity index (χ2n) is 11.0. The summed E-state index contributed by atoms with van der Waals surface area (Å²) in [5, 5.41) is 33.8. The molecular formula is C26H33NO6. The molecule has 5 unspecified atom stereocenters. The SMILES string of the molecule is CC1C2C3(C=CC(=O)[C@@]2(C)CCC(=O)Nc2c(O)ccc(C=O)c2O)CC([C@@H]1C)C(C)(O)C3. The number of rotatable bonds is 5. The van der Waals surface area contributed by atoms with Crippen molar-refractivity contribution in [1.82, 2.24) is 0 Å². The molecule has 2 bridgehead atoms. The van der Waals surface area contributed by atoms with Crippen molar-refractivity contribution in [2.75, 3.05) is 5.32 Å². The lowest BCUT2D eigenvalue weighted by atomic mass is 9.47. The first-order valence-electron chi connectivity index (χ1n) is 11.6. The van der Waals surface area contributed by atoms with Crippen molar-refractivity contribution in [3.05, 3.63) is 29.8 Å². The Morgan fingerprint density at radius 1 is 1.21 bits per heavy atom. The van der Waals surface area contributed by atoms with E-state index in [1.807, 2.05) is 19.9 Å². The van der Waals surface area contributed by atoms with E-state index in [0.717, 1.165) is 6.42 Å². The van der Waals surface area contributed by atoms with Crippen molar-refractivity contribution < 1.29 is 29.7 Å². The van der Waals surface area contributed by atoms with Gasteiger partial charge in [-0.05, 0) is 73.5 Å². The molecule has 0 aliphatic heterocycles. The molecule has 0 heterocycles. The number of hydrogen-bond acceptors (Lipinski definition) is 6. The van der Waals surface area contributed by atoms with Crippen LogP contribution < -0.4 is 5.32 Å². The molecule has 7 atom stereocenters. The topological polar surface area (TPSA) is 124 Å². The van der Waals surface area contributed by atoms with Crippen molar-refractivity contribution in [3.8, 4) is 11.5 Å². The summed E-state index contributed by atoms with van der Waals surface area (Å²) in [7, 11) is 0. The molecule has 1 spiro atoms. The first-order valence-corrected chi connectivity index (χ1v) is 11.6. The van der Waals surface area contributed by atoms with Gasteiger partial charge >= 0.3 is 0 Å². The second-order valence-corrected chi connectivity index (χ2v) is 11.0. The van der Waals surface area contributed by atoms with Gasteiger partial charge in [0.2, 0.25) is 5.91 Å². The quantitative estimate of drug-likeness (QED) is 0.395. The number of aliphatic hydroxyl groups is 1. The number of aldehydes is 1. The maximum absolute atomic E-state index is 13.2.